The van der Waals surface area contributed by atoms with Crippen LogP contribution in [0.2, 0.25) is 0 Å². The van der Waals surface area contributed by atoms with Crippen molar-refractivity contribution in [1.29, 1.82) is 0 Å². The fraction of sp³-hybridized carbons (Fsp3) is 0.250. The van der Waals surface area contributed by atoms with E-state index in [9.17, 15) is 4.79 Å². The number of benzene rings is 1. The summed E-state index contributed by atoms with van der Waals surface area (Å²) in [5, 5.41) is 8.09. The summed E-state index contributed by atoms with van der Waals surface area (Å²) in [4.78, 5) is 11.1. The highest BCUT2D eigenvalue weighted by Crippen LogP contribution is 2.28. The summed E-state index contributed by atoms with van der Waals surface area (Å²) in [6, 6.07) is 7.51. The van der Waals surface area contributed by atoms with Crippen LogP contribution in [-0.2, 0) is 4.79 Å². The number of rotatable bonds is 5. The number of amides is 1. The van der Waals surface area contributed by atoms with Crippen LogP contribution in [0.5, 0.6) is 5.75 Å². The van der Waals surface area contributed by atoms with Crippen molar-refractivity contribution in [1.82, 2.24) is 14.8 Å². The van der Waals surface area contributed by atoms with Gasteiger partial charge in [-0.3, -0.25) is 9.36 Å². The number of hydrogen-bond donors (Lipinski definition) is 1. The quantitative estimate of drug-likeness (QED) is 0.832. The topological polar surface area (TPSA) is 83.0 Å². The zero-order chi connectivity index (χ0) is 13.8. The number of hydrogen-bond acceptors (Lipinski definition) is 5. The molecule has 0 radical (unpaired) electrons. The van der Waals surface area contributed by atoms with E-state index in [0.717, 1.165) is 5.69 Å². The highest BCUT2D eigenvalue weighted by Gasteiger charge is 2.17. The summed E-state index contributed by atoms with van der Waals surface area (Å²) >= 11 is 1.26. The number of para-hydroxylation sites is 2. The van der Waals surface area contributed by atoms with Crippen LogP contribution in [0.1, 0.15) is 6.92 Å². The summed E-state index contributed by atoms with van der Waals surface area (Å²) < 4.78 is 7.07. The molecule has 1 atom stereocenters. The van der Waals surface area contributed by atoms with Gasteiger partial charge in [0.25, 0.3) is 0 Å². The zero-order valence-corrected chi connectivity index (χ0v) is 11.4. The van der Waals surface area contributed by atoms with Crippen molar-refractivity contribution in [2.45, 2.75) is 17.3 Å². The van der Waals surface area contributed by atoms with Gasteiger partial charge in [0.05, 0.1) is 18.0 Å². The highest BCUT2D eigenvalue weighted by atomic mass is 32.2. The van der Waals surface area contributed by atoms with Crippen molar-refractivity contribution in [3.05, 3.63) is 30.6 Å². The lowest BCUT2D eigenvalue weighted by atomic mass is 10.3. The van der Waals surface area contributed by atoms with Crippen LogP contribution >= 0.6 is 11.8 Å². The van der Waals surface area contributed by atoms with Gasteiger partial charge in [-0.25, -0.2) is 0 Å². The Morgan fingerprint density at radius 3 is 2.89 bits per heavy atom. The second-order valence-corrected chi connectivity index (χ2v) is 5.13. The average molecular weight is 278 g/mol. The third-order valence-corrected chi connectivity index (χ3v) is 3.62. The number of primary amides is 1. The van der Waals surface area contributed by atoms with E-state index in [0.29, 0.717) is 10.9 Å². The van der Waals surface area contributed by atoms with E-state index in [1.165, 1.54) is 11.8 Å². The smallest absolute Gasteiger partial charge is 0.230 e. The summed E-state index contributed by atoms with van der Waals surface area (Å²) in [6.07, 6.45) is 1.58. The Bertz CT molecular complexity index is 585. The number of thioether (sulfide) groups is 1. The Balaban J connectivity index is 2.36. The lowest BCUT2D eigenvalue weighted by molar-refractivity contribution is -0.117. The molecule has 1 amide bonds. The van der Waals surface area contributed by atoms with E-state index in [1.807, 2.05) is 24.3 Å². The third kappa shape index (κ3) is 2.87. The first-order valence-electron chi connectivity index (χ1n) is 5.63. The number of nitrogens with two attached hydrogens (primary N) is 1. The fourth-order valence-corrected chi connectivity index (χ4v) is 2.30. The molecule has 1 aromatic carbocycles. The van der Waals surface area contributed by atoms with Gasteiger partial charge >= 0.3 is 0 Å². The van der Waals surface area contributed by atoms with Crippen molar-refractivity contribution in [2.24, 2.45) is 5.73 Å². The molecule has 19 heavy (non-hydrogen) atoms. The molecule has 1 aromatic heterocycles. The third-order valence-electron chi connectivity index (χ3n) is 2.54. The molecule has 0 aliphatic heterocycles. The van der Waals surface area contributed by atoms with Crippen LogP contribution in [0.25, 0.3) is 5.69 Å². The van der Waals surface area contributed by atoms with Gasteiger partial charge in [-0.2, -0.15) is 0 Å². The molecule has 2 rings (SSSR count). The number of carbonyl (C=O) groups is 1. The molecule has 2 aromatic rings. The van der Waals surface area contributed by atoms with Crippen molar-refractivity contribution >= 4 is 17.7 Å². The Morgan fingerprint density at radius 1 is 1.47 bits per heavy atom. The van der Waals surface area contributed by atoms with Crippen LogP contribution < -0.4 is 10.5 Å². The number of methoxy groups -OCH3 is 1. The maximum Gasteiger partial charge on any atom is 0.230 e. The number of aromatic nitrogens is 3. The molecule has 0 fully saturated rings. The van der Waals surface area contributed by atoms with Gasteiger partial charge in [-0.05, 0) is 19.1 Å². The van der Waals surface area contributed by atoms with Crippen LogP contribution in [0.3, 0.4) is 0 Å². The highest BCUT2D eigenvalue weighted by molar-refractivity contribution is 8.00. The summed E-state index contributed by atoms with van der Waals surface area (Å²) in [5.74, 6) is 0.315. The van der Waals surface area contributed by atoms with Crippen LogP contribution in [0.4, 0.5) is 0 Å². The van der Waals surface area contributed by atoms with E-state index in [2.05, 4.69) is 10.2 Å². The SMILES string of the molecule is COc1ccccc1-n1cnnc1S[C@@H](C)C(N)=O. The first-order valence-corrected chi connectivity index (χ1v) is 6.51. The van der Waals surface area contributed by atoms with Crippen LogP contribution in [-0.4, -0.2) is 33.0 Å². The van der Waals surface area contributed by atoms with E-state index in [1.54, 1.807) is 24.9 Å². The minimum Gasteiger partial charge on any atom is -0.495 e. The Hall–Kier alpha value is -2.02. The van der Waals surface area contributed by atoms with Crippen molar-refractivity contribution in [3.63, 3.8) is 0 Å². The van der Waals surface area contributed by atoms with Gasteiger partial charge in [0.1, 0.15) is 12.1 Å². The van der Waals surface area contributed by atoms with E-state index >= 15 is 0 Å². The monoisotopic (exact) mass is 278 g/mol. The first-order chi connectivity index (χ1) is 9.13. The fourth-order valence-electron chi connectivity index (χ4n) is 1.52. The minimum absolute atomic E-state index is 0.377. The van der Waals surface area contributed by atoms with E-state index in [4.69, 9.17) is 10.5 Å². The maximum atomic E-state index is 11.1. The molecule has 1 heterocycles. The molecule has 2 N–H and O–H groups in total. The summed E-state index contributed by atoms with van der Waals surface area (Å²) in [5.41, 5.74) is 6.07. The van der Waals surface area contributed by atoms with Crippen LogP contribution in [0.15, 0.2) is 35.7 Å². The second-order valence-electron chi connectivity index (χ2n) is 3.82. The predicted molar refractivity (Wildman–Crippen MR) is 72.4 cm³/mol. The maximum absolute atomic E-state index is 11.1. The van der Waals surface area contributed by atoms with Crippen molar-refractivity contribution < 1.29 is 9.53 Å². The Morgan fingerprint density at radius 2 is 2.21 bits per heavy atom. The minimum atomic E-state index is -0.389. The van der Waals surface area contributed by atoms with Gasteiger partial charge in [0.15, 0.2) is 5.16 Å². The largest absolute Gasteiger partial charge is 0.495 e. The molecular formula is C12H14N4O2S. The first kappa shape index (κ1) is 13.4. The van der Waals surface area contributed by atoms with Crippen molar-refractivity contribution in [3.8, 4) is 11.4 Å². The summed E-state index contributed by atoms with van der Waals surface area (Å²) in [6.45, 7) is 1.73. The standard InChI is InChI=1S/C12H14N4O2S/c1-8(11(13)17)19-12-15-14-7-16(12)9-5-3-4-6-10(9)18-2/h3-8H,1-2H3,(H2,13,17)/t8-/m0/s1. The van der Waals surface area contributed by atoms with Crippen LogP contribution in [0, 0.1) is 0 Å². The number of ether oxygens (including phenoxy) is 1. The Kier molecular flexibility index (Phi) is 4.06. The van der Waals surface area contributed by atoms with Crippen molar-refractivity contribution in [2.75, 3.05) is 7.11 Å². The molecule has 0 aliphatic rings. The summed E-state index contributed by atoms with van der Waals surface area (Å²) in [7, 11) is 1.60. The molecule has 0 bridgehead atoms. The van der Waals surface area contributed by atoms with E-state index < -0.39 is 0 Å². The normalized spacial score (nSPS) is 12.1. The predicted octanol–water partition coefficient (Wildman–Crippen LogP) is 1.24. The lowest BCUT2D eigenvalue weighted by Crippen LogP contribution is -2.23. The second kappa shape index (κ2) is 5.75. The van der Waals surface area contributed by atoms with Gasteiger partial charge < -0.3 is 10.5 Å². The van der Waals surface area contributed by atoms with Gasteiger partial charge in [-0.1, -0.05) is 23.9 Å². The van der Waals surface area contributed by atoms with Gasteiger partial charge in [0.2, 0.25) is 5.91 Å². The average Bonchev–Trinajstić information content (AvgIpc) is 2.86. The molecule has 0 aliphatic carbocycles. The molecular weight excluding hydrogens is 264 g/mol. The molecule has 0 saturated carbocycles. The number of carbonyl (C=O) groups excluding carboxylic acids is 1. The van der Waals surface area contributed by atoms with E-state index in [-0.39, 0.29) is 11.2 Å². The molecule has 0 saturated heterocycles. The molecule has 0 unspecified atom stereocenters. The van der Waals surface area contributed by atoms with Gasteiger partial charge in [-0.15, -0.1) is 10.2 Å². The molecule has 6 nitrogen and oxygen atoms in total. The molecule has 7 heteroatoms. The zero-order valence-electron chi connectivity index (χ0n) is 10.6. The number of nitrogens with zero attached hydrogens (tertiary/aromatic N) is 3. The lowest BCUT2D eigenvalue weighted by Gasteiger charge is -2.11. The molecule has 100 valence electrons. The van der Waals surface area contributed by atoms with Gasteiger partial charge in [0, 0.05) is 0 Å². The molecule has 0 spiro atoms. The Labute approximate surface area is 115 Å².